The van der Waals surface area contributed by atoms with Crippen LogP contribution in [-0.2, 0) is 24.3 Å². The third kappa shape index (κ3) is 5.27. The lowest BCUT2D eigenvalue weighted by atomic mass is 10.1. The average Bonchev–Trinajstić information content (AvgIpc) is 3.09. The van der Waals surface area contributed by atoms with E-state index in [2.05, 4.69) is 25.7 Å². The number of hydrogen-bond acceptors (Lipinski definition) is 5. The van der Waals surface area contributed by atoms with Crippen LogP contribution in [-0.4, -0.2) is 54.1 Å². The van der Waals surface area contributed by atoms with Gasteiger partial charge in [-0.1, -0.05) is 29.3 Å². The van der Waals surface area contributed by atoms with Crippen LogP contribution in [0.3, 0.4) is 0 Å². The minimum absolute atomic E-state index is 0.221. The number of methoxy groups -OCH3 is 1. The largest absolute Gasteiger partial charge is 0.490 e. The molecular weight excluding hydrogens is 403 g/mol. The summed E-state index contributed by atoms with van der Waals surface area (Å²) in [5.74, 6) is 3.00. The number of nitrogens with zero attached hydrogens (tertiary/aromatic N) is 4. The second-order valence-electron chi connectivity index (χ2n) is 6.34. The molecule has 28 heavy (non-hydrogen) atoms. The van der Waals surface area contributed by atoms with Crippen molar-refractivity contribution in [3.63, 3.8) is 0 Å². The number of ether oxygens (including phenoxy) is 2. The second kappa shape index (κ2) is 9.95. The molecule has 0 radical (unpaired) electrons. The number of rotatable bonds is 7. The first kappa shape index (κ1) is 20.7. The summed E-state index contributed by atoms with van der Waals surface area (Å²) in [6.45, 7) is 2.17. The van der Waals surface area contributed by atoms with E-state index in [0.717, 1.165) is 31.0 Å². The lowest BCUT2D eigenvalue weighted by Crippen LogP contribution is -2.47. The SMILES string of the molecule is CN=C(NCCOc1cccc(Cl)c1Cl)NC1CCc2nc(COC)nn2C1. The number of aromatic nitrogens is 3. The molecule has 1 atom stereocenters. The van der Waals surface area contributed by atoms with Gasteiger partial charge in [-0.2, -0.15) is 5.10 Å². The zero-order valence-corrected chi connectivity index (χ0v) is 17.4. The summed E-state index contributed by atoms with van der Waals surface area (Å²) in [6, 6.07) is 5.54. The van der Waals surface area contributed by atoms with Crippen molar-refractivity contribution in [3.05, 3.63) is 39.9 Å². The lowest BCUT2D eigenvalue weighted by Gasteiger charge is -2.25. The van der Waals surface area contributed by atoms with Crippen LogP contribution in [0.4, 0.5) is 0 Å². The molecule has 1 aromatic heterocycles. The van der Waals surface area contributed by atoms with Gasteiger partial charge in [0.05, 0.1) is 18.1 Å². The zero-order chi connectivity index (χ0) is 19.9. The molecule has 0 amide bonds. The molecule has 2 heterocycles. The lowest BCUT2D eigenvalue weighted by molar-refractivity contribution is 0.177. The highest BCUT2D eigenvalue weighted by Crippen LogP contribution is 2.31. The van der Waals surface area contributed by atoms with Gasteiger partial charge in [-0.25, -0.2) is 9.67 Å². The Morgan fingerprint density at radius 1 is 1.39 bits per heavy atom. The van der Waals surface area contributed by atoms with Crippen molar-refractivity contribution in [3.8, 4) is 5.75 Å². The average molecular weight is 427 g/mol. The molecule has 0 spiro atoms. The van der Waals surface area contributed by atoms with Crippen molar-refractivity contribution in [1.29, 1.82) is 0 Å². The highest BCUT2D eigenvalue weighted by Gasteiger charge is 2.22. The number of benzene rings is 1. The van der Waals surface area contributed by atoms with Crippen LogP contribution >= 0.6 is 23.2 Å². The van der Waals surface area contributed by atoms with Crippen LogP contribution in [0.2, 0.25) is 10.0 Å². The first-order chi connectivity index (χ1) is 13.6. The summed E-state index contributed by atoms with van der Waals surface area (Å²) in [4.78, 5) is 8.77. The van der Waals surface area contributed by atoms with Gasteiger partial charge in [0.25, 0.3) is 0 Å². The Hall–Kier alpha value is -2.03. The Kier molecular flexibility index (Phi) is 7.36. The van der Waals surface area contributed by atoms with Crippen molar-refractivity contribution in [2.75, 3.05) is 27.3 Å². The normalized spacial score (nSPS) is 16.6. The fraction of sp³-hybridized carbons (Fsp3) is 0.500. The van der Waals surface area contributed by atoms with Gasteiger partial charge >= 0.3 is 0 Å². The summed E-state index contributed by atoms with van der Waals surface area (Å²) in [5, 5.41) is 12.0. The summed E-state index contributed by atoms with van der Waals surface area (Å²) in [6.07, 6.45) is 1.82. The molecule has 10 heteroatoms. The Morgan fingerprint density at radius 2 is 2.25 bits per heavy atom. The monoisotopic (exact) mass is 426 g/mol. The van der Waals surface area contributed by atoms with Crippen molar-refractivity contribution < 1.29 is 9.47 Å². The first-order valence-electron chi connectivity index (χ1n) is 9.06. The van der Waals surface area contributed by atoms with Crippen LogP contribution in [0.1, 0.15) is 18.1 Å². The maximum Gasteiger partial charge on any atom is 0.191 e. The van der Waals surface area contributed by atoms with E-state index < -0.39 is 0 Å². The van der Waals surface area contributed by atoms with Crippen molar-refractivity contribution in [2.24, 2.45) is 4.99 Å². The van der Waals surface area contributed by atoms with Crippen LogP contribution in [0.5, 0.6) is 5.75 Å². The number of hydrogen-bond donors (Lipinski definition) is 2. The number of aryl methyl sites for hydroxylation is 1. The molecule has 0 bridgehead atoms. The van der Waals surface area contributed by atoms with Gasteiger partial charge in [0.2, 0.25) is 0 Å². The minimum Gasteiger partial charge on any atom is -0.490 e. The fourth-order valence-electron chi connectivity index (χ4n) is 2.98. The molecule has 1 aliphatic heterocycles. The van der Waals surface area contributed by atoms with E-state index in [9.17, 15) is 0 Å². The predicted octanol–water partition coefficient (Wildman–Crippen LogP) is 2.29. The van der Waals surface area contributed by atoms with E-state index >= 15 is 0 Å². The van der Waals surface area contributed by atoms with E-state index in [1.807, 2.05) is 4.68 Å². The number of halogens is 2. The standard InChI is InChI=1S/C18H24Cl2N6O2/c1-21-18(22-8-9-28-14-5-3-4-13(19)17(14)20)23-12-6-7-16-24-15(11-27-2)25-26(16)10-12/h3-5,12H,6-11H2,1-2H3,(H2,21,22,23). The van der Waals surface area contributed by atoms with Crippen LogP contribution < -0.4 is 15.4 Å². The highest BCUT2D eigenvalue weighted by atomic mass is 35.5. The van der Waals surface area contributed by atoms with Gasteiger partial charge in [0, 0.05) is 26.6 Å². The van der Waals surface area contributed by atoms with Crippen LogP contribution in [0, 0.1) is 0 Å². The van der Waals surface area contributed by atoms with Crippen molar-refractivity contribution >= 4 is 29.2 Å². The number of fused-ring (bicyclic) bond motifs is 1. The molecule has 2 N–H and O–H groups in total. The van der Waals surface area contributed by atoms with Gasteiger partial charge in [0.1, 0.15) is 29.8 Å². The summed E-state index contributed by atoms with van der Waals surface area (Å²) in [5.41, 5.74) is 0. The summed E-state index contributed by atoms with van der Waals surface area (Å²) < 4.78 is 12.7. The van der Waals surface area contributed by atoms with E-state index in [0.29, 0.717) is 41.5 Å². The molecule has 1 unspecified atom stereocenters. The maximum atomic E-state index is 6.12. The maximum absolute atomic E-state index is 6.12. The molecule has 1 aliphatic rings. The van der Waals surface area contributed by atoms with Crippen molar-refractivity contribution in [2.45, 2.75) is 32.0 Å². The zero-order valence-electron chi connectivity index (χ0n) is 15.9. The molecule has 0 fully saturated rings. The molecule has 2 aromatic rings. The van der Waals surface area contributed by atoms with Gasteiger partial charge in [-0.15, -0.1) is 0 Å². The van der Waals surface area contributed by atoms with Gasteiger partial charge < -0.3 is 20.1 Å². The van der Waals surface area contributed by atoms with E-state index in [-0.39, 0.29) is 6.04 Å². The molecule has 1 aromatic carbocycles. The van der Waals surface area contributed by atoms with E-state index in [1.165, 1.54) is 0 Å². The van der Waals surface area contributed by atoms with Crippen LogP contribution in [0.25, 0.3) is 0 Å². The van der Waals surface area contributed by atoms with E-state index in [1.54, 1.807) is 32.4 Å². The topological polar surface area (TPSA) is 85.6 Å². The molecule has 3 rings (SSSR count). The number of nitrogens with one attached hydrogen (secondary N) is 2. The van der Waals surface area contributed by atoms with Crippen molar-refractivity contribution in [1.82, 2.24) is 25.4 Å². The molecule has 152 valence electrons. The third-order valence-electron chi connectivity index (χ3n) is 4.31. The third-order valence-corrected chi connectivity index (χ3v) is 5.11. The quantitative estimate of drug-likeness (QED) is 0.401. The number of aliphatic imine (C=N–C) groups is 1. The Bertz CT molecular complexity index is 826. The first-order valence-corrected chi connectivity index (χ1v) is 9.81. The predicted molar refractivity (Wildman–Crippen MR) is 109 cm³/mol. The van der Waals surface area contributed by atoms with Crippen LogP contribution in [0.15, 0.2) is 23.2 Å². The second-order valence-corrected chi connectivity index (χ2v) is 7.12. The molecule has 0 saturated heterocycles. The summed E-state index contributed by atoms with van der Waals surface area (Å²) in [7, 11) is 3.38. The highest BCUT2D eigenvalue weighted by molar-refractivity contribution is 6.42. The Labute approximate surface area is 174 Å². The summed E-state index contributed by atoms with van der Waals surface area (Å²) >= 11 is 12.1. The molecule has 0 saturated carbocycles. The Morgan fingerprint density at radius 3 is 3.04 bits per heavy atom. The fourth-order valence-corrected chi connectivity index (χ4v) is 3.33. The molecule has 8 nitrogen and oxygen atoms in total. The van der Waals surface area contributed by atoms with Gasteiger partial charge in [0.15, 0.2) is 11.8 Å². The minimum atomic E-state index is 0.221. The molecule has 0 aliphatic carbocycles. The van der Waals surface area contributed by atoms with Gasteiger partial charge in [-0.3, -0.25) is 4.99 Å². The molecular formula is C18H24Cl2N6O2. The smallest absolute Gasteiger partial charge is 0.191 e. The Balaban J connectivity index is 1.45. The van der Waals surface area contributed by atoms with Gasteiger partial charge in [-0.05, 0) is 18.6 Å². The number of guanidine groups is 1. The van der Waals surface area contributed by atoms with E-state index in [4.69, 9.17) is 32.7 Å².